The molecule has 1 aromatic rings. The Kier molecular flexibility index (Phi) is 4.04. The quantitative estimate of drug-likeness (QED) is 0.897. The molecule has 5 nitrogen and oxygen atoms in total. The number of para-hydroxylation sites is 1. The zero-order chi connectivity index (χ0) is 14.8. The third kappa shape index (κ3) is 3.50. The molecule has 110 valence electrons. The Labute approximate surface area is 119 Å². The van der Waals surface area contributed by atoms with Crippen LogP contribution >= 0.6 is 0 Å². The fourth-order valence-corrected chi connectivity index (χ4v) is 4.60. The summed E-state index contributed by atoms with van der Waals surface area (Å²) in [6.45, 7) is 1.78. The predicted molar refractivity (Wildman–Crippen MR) is 76.5 cm³/mol. The van der Waals surface area contributed by atoms with Crippen LogP contribution in [0.1, 0.15) is 18.9 Å². The first-order chi connectivity index (χ1) is 9.34. The van der Waals surface area contributed by atoms with Gasteiger partial charge >= 0.3 is 0 Å². The van der Waals surface area contributed by atoms with E-state index in [1.807, 2.05) is 18.2 Å². The first kappa shape index (κ1) is 14.8. The fourth-order valence-electron chi connectivity index (χ4n) is 2.51. The first-order valence-electron chi connectivity index (χ1n) is 6.47. The number of carbonyl (C=O) groups is 1. The number of ether oxygens (including phenoxy) is 1. The normalized spacial score (nSPS) is 24.3. The van der Waals surface area contributed by atoms with Crippen molar-refractivity contribution >= 4 is 15.7 Å². The second-order valence-corrected chi connectivity index (χ2v) is 7.62. The summed E-state index contributed by atoms with van der Waals surface area (Å²) in [5.41, 5.74) is 0.134. The molecule has 0 aromatic heterocycles. The van der Waals surface area contributed by atoms with Gasteiger partial charge in [0, 0.05) is 5.56 Å². The predicted octanol–water partition coefficient (Wildman–Crippen LogP) is 0.931. The zero-order valence-corrected chi connectivity index (χ0v) is 12.5. The number of benzene rings is 1. The van der Waals surface area contributed by atoms with Crippen LogP contribution in [-0.2, 0) is 21.1 Å². The van der Waals surface area contributed by atoms with E-state index in [1.165, 1.54) is 0 Å². The Balaban J connectivity index is 2.03. The average molecular weight is 297 g/mol. The molecule has 0 radical (unpaired) electrons. The van der Waals surface area contributed by atoms with Gasteiger partial charge in [0.1, 0.15) is 5.75 Å². The number of amides is 1. The van der Waals surface area contributed by atoms with Gasteiger partial charge in [-0.1, -0.05) is 18.2 Å². The molecule has 6 heteroatoms. The van der Waals surface area contributed by atoms with Gasteiger partial charge in [0.2, 0.25) is 5.91 Å². The molecule has 0 spiro atoms. The average Bonchev–Trinajstić information content (AvgIpc) is 2.63. The number of methoxy groups -OCH3 is 1. The Morgan fingerprint density at radius 3 is 2.70 bits per heavy atom. The number of sulfone groups is 1. The zero-order valence-electron chi connectivity index (χ0n) is 11.7. The molecule has 1 aliphatic heterocycles. The van der Waals surface area contributed by atoms with Crippen LogP contribution in [0.2, 0.25) is 0 Å². The van der Waals surface area contributed by atoms with Crippen LogP contribution in [0.3, 0.4) is 0 Å². The Morgan fingerprint density at radius 1 is 1.40 bits per heavy atom. The molecule has 0 bridgehead atoms. The highest BCUT2D eigenvalue weighted by Crippen LogP contribution is 2.23. The maximum absolute atomic E-state index is 12.1. The summed E-state index contributed by atoms with van der Waals surface area (Å²) < 4.78 is 28.2. The molecule has 1 aliphatic rings. The SMILES string of the molecule is COc1ccccc1CC(=O)N[C@]1(C)CCS(=O)(=O)C1. The summed E-state index contributed by atoms with van der Waals surface area (Å²) in [6, 6.07) is 7.30. The van der Waals surface area contributed by atoms with E-state index in [9.17, 15) is 13.2 Å². The Morgan fingerprint density at radius 2 is 2.10 bits per heavy atom. The summed E-state index contributed by atoms with van der Waals surface area (Å²) >= 11 is 0. The van der Waals surface area contributed by atoms with Crippen LogP contribution in [0.4, 0.5) is 0 Å². The lowest BCUT2D eigenvalue weighted by atomic mass is 10.0. The van der Waals surface area contributed by atoms with Crippen LogP contribution in [0.5, 0.6) is 5.75 Å². The van der Waals surface area contributed by atoms with Gasteiger partial charge in [0.15, 0.2) is 9.84 Å². The van der Waals surface area contributed by atoms with Gasteiger partial charge in [-0.25, -0.2) is 8.42 Å². The van der Waals surface area contributed by atoms with E-state index in [0.29, 0.717) is 12.2 Å². The number of carbonyl (C=O) groups excluding carboxylic acids is 1. The standard InChI is InChI=1S/C14H19NO4S/c1-14(7-8-20(17,18)10-14)15-13(16)9-11-5-3-4-6-12(11)19-2/h3-6H,7-10H2,1-2H3,(H,15,16)/t14-/m1/s1. The van der Waals surface area contributed by atoms with Crippen LogP contribution < -0.4 is 10.1 Å². The highest BCUT2D eigenvalue weighted by atomic mass is 32.2. The lowest BCUT2D eigenvalue weighted by Crippen LogP contribution is -2.47. The van der Waals surface area contributed by atoms with E-state index in [2.05, 4.69) is 5.32 Å². The van der Waals surface area contributed by atoms with E-state index in [4.69, 9.17) is 4.74 Å². The van der Waals surface area contributed by atoms with Crippen molar-refractivity contribution < 1.29 is 17.9 Å². The highest BCUT2D eigenvalue weighted by Gasteiger charge is 2.39. The maximum Gasteiger partial charge on any atom is 0.225 e. The van der Waals surface area contributed by atoms with Crippen LogP contribution in [0.15, 0.2) is 24.3 Å². The van der Waals surface area contributed by atoms with Crippen molar-refractivity contribution in [2.24, 2.45) is 0 Å². The van der Waals surface area contributed by atoms with E-state index < -0.39 is 15.4 Å². The minimum atomic E-state index is -3.02. The van der Waals surface area contributed by atoms with Gasteiger partial charge in [-0.3, -0.25) is 4.79 Å². The summed E-state index contributed by atoms with van der Waals surface area (Å²) in [7, 11) is -1.47. The minimum Gasteiger partial charge on any atom is -0.496 e. The molecular weight excluding hydrogens is 278 g/mol. The molecule has 0 unspecified atom stereocenters. The molecule has 1 aromatic carbocycles. The highest BCUT2D eigenvalue weighted by molar-refractivity contribution is 7.91. The second kappa shape index (κ2) is 5.44. The first-order valence-corrected chi connectivity index (χ1v) is 8.29. The largest absolute Gasteiger partial charge is 0.496 e. The molecule has 1 atom stereocenters. The van der Waals surface area contributed by atoms with Crippen molar-refractivity contribution in [2.45, 2.75) is 25.3 Å². The topological polar surface area (TPSA) is 72.5 Å². The monoisotopic (exact) mass is 297 g/mol. The van der Waals surface area contributed by atoms with Crippen molar-refractivity contribution in [3.63, 3.8) is 0 Å². The third-order valence-electron chi connectivity index (χ3n) is 3.49. The van der Waals surface area contributed by atoms with Crippen molar-refractivity contribution in [3.05, 3.63) is 29.8 Å². The molecular formula is C14H19NO4S. The van der Waals surface area contributed by atoms with E-state index >= 15 is 0 Å². The summed E-state index contributed by atoms with van der Waals surface area (Å²) in [5, 5.41) is 2.84. The smallest absolute Gasteiger partial charge is 0.225 e. The van der Waals surface area contributed by atoms with Gasteiger partial charge in [-0.05, 0) is 19.4 Å². The molecule has 1 saturated heterocycles. The molecule has 1 heterocycles. The lowest BCUT2D eigenvalue weighted by molar-refractivity contribution is -0.121. The molecule has 1 N–H and O–H groups in total. The molecule has 0 aliphatic carbocycles. The van der Waals surface area contributed by atoms with Crippen molar-refractivity contribution in [3.8, 4) is 5.75 Å². The summed E-state index contributed by atoms with van der Waals surface area (Å²) in [4.78, 5) is 12.1. The Hall–Kier alpha value is -1.56. The van der Waals surface area contributed by atoms with Gasteiger partial charge in [-0.2, -0.15) is 0 Å². The summed E-state index contributed by atoms with van der Waals surface area (Å²) in [5.74, 6) is 0.622. The molecule has 1 amide bonds. The molecule has 20 heavy (non-hydrogen) atoms. The van der Waals surface area contributed by atoms with Gasteiger partial charge in [0.05, 0.1) is 30.6 Å². The molecule has 1 fully saturated rings. The number of nitrogens with one attached hydrogen (secondary N) is 1. The van der Waals surface area contributed by atoms with Gasteiger partial charge in [-0.15, -0.1) is 0 Å². The maximum atomic E-state index is 12.1. The van der Waals surface area contributed by atoms with Crippen molar-refractivity contribution in [2.75, 3.05) is 18.6 Å². The second-order valence-electron chi connectivity index (χ2n) is 5.44. The molecule has 2 rings (SSSR count). The number of rotatable bonds is 4. The van der Waals surface area contributed by atoms with Gasteiger partial charge < -0.3 is 10.1 Å². The van der Waals surface area contributed by atoms with Crippen molar-refractivity contribution in [1.82, 2.24) is 5.32 Å². The third-order valence-corrected chi connectivity index (χ3v) is 5.39. The van der Waals surface area contributed by atoms with E-state index in [0.717, 1.165) is 5.56 Å². The van der Waals surface area contributed by atoms with Crippen LogP contribution in [0.25, 0.3) is 0 Å². The van der Waals surface area contributed by atoms with E-state index in [1.54, 1.807) is 20.1 Å². The van der Waals surface area contributed by atoms with Crippen LogP contribution in [0, 0.1) is 0 Å². The summed E-state index contributed by atoms with van der Waals surface area (Å²) in [6.07, 6.45) is 0.645. The minimum absolute atomic E-state index is 0.0116. The lowest BCUT2D eigenvalue weighted by Gasteiger charge is -2.24. The van der Waals surface area contributed by atoms with Crippen molar-refractivity contribution in [1.29, 1.82) is 0 Å². The van der Waals surface area contributed by atoms with Gasteiger partial charge in [0.25, 0.3) is 0 Å². The molecule has 0 saturated carbocycles. The fraction of sp³-hybridized carbons (Fsp3) is 0.500. The Bertz CT molecular complexity index is 611. The van der Waals surface area contributed by atoms with Crippen LogP contribution in [-0.4, -0.2) is 38.5 Å². The number of hydrogen-bond acceptors (Lipinski definition) is 4. The van der Waals surface area contributed by atoms with E-state index in [-0.39, 0.29) is 23.8 Å². The number of hydrogen-bond donors (Lipinski definition) is 1.